The van der Waals surface area contributed by atoms with Crippen molar-refractivity contribution in [2.24, 2.45) is 0 Å². The van der Waals surface area contributed by atoms with Crippen LogP contribution in [-0.2, 0) is 13.1 Å². The van der Waals surface area contributed by atoms with Gasteiger partial charge >= 0.3 is 23.1 Å². The van der Waals surface area contributed by atoms with Crippen molar-refractivity contribution >= 4 is 28.7 Å². The largest absolute Gasteiger partial charge is 2.00 e. The average molecular weight is 395 g/mol. The quantitative estimate of drug-likeness (QED) is 0.468. The predicted octanol–water partition coefficient (Wildman–Crippen LogP) is 1.46. The van der Waals surface area contributed by atoms with E-state index in [1.54, 1.807) is 6.07 Å². The summed E-state index contributed by atoms with van der Waals surface area (Å²) in [7, 11) is 0. The van der Waals surface area contributed by atoms with Gasteiger partial charge in [0, 0.05) is 18.9 Å². The van der Waals surface area contributed by atoms with Crippen LogP contribution in [0, 0.1) is 11.9 Å². The summed E-state index contributed by atoms with van der Waals surface area (Å²) in [6.07, 6.45) is 0. The summed E-state index contributed by atoms with van der Waals surface area (Å²) < 4.78 is 13.6. The molecule has 0 aliphatic heterocycles. The molecule has 0 saturated carbocycles. The molecule has 0 bridgehead atoms. The topological polar surface area (TPSA) is 3.24 Å². The van der Waals surface area contributed by atoms with E-state index < -0.39 is 0 Å². The molecule has 0 aliphatic carbocycles. The van der Waals surface area contributed by atoms with Crippen LogP contribution < -0.4 is 21.9 Å². The Balaban J connectivity index is 0.00000144. The van der Waals surface area contributed by atoms with Crippen molar-refractivity contribution in [1.82, 2.24) is 0 Å². The SMILES string of the molecule is Fc1cc[c-]c(N(Cc2ccccc2)Cc2ccccc2)c1.[Br-].[Mg+2]. The Hall–Kier alpha value is -1.36. The minimum atomic E-state index is -0.236. The second-order valence-electron chi connectivity index (χ2n) is 5.22. The van der Waals surface area contributed by atoms with Gasteiger partial charge < -0.3 is 21.9 Å². The summed E-state index contributed by atoms with van der Waals surface area (Å²) >= 11 is 0. The Kier molecular flexibility index (Phi) is 9.04. The summed E-state index contributed by atoms with van der Waals surface area (Å²) in [5.74, 6) is -0.236. The van der Waals surface area contributed by atoms with Crippen molar-refractivity contribution in [3.63, 3.8) is 0 Å². The zero-order valence-corrected chi connectivity index (χ0v) is 16.3. The van der Waals surface area contributed by atoms with Crippen LogP contribution in [0.15, 0.2) is 78.9 Å². The van der Waals surface area contributed by atoms with Crippen LogP contribution in [0.5, 0.6) is 0 Å². The fourth-order valence-electron chi connectivity index (χ4n) is 2.44. The summed E-state index contributed by atoms with van der Waals surface area (Å²) in [6, 6.07) is 28.1. The zero-order chi connectivity index (χ0) is 15.2. The van der Waals surface area contributed by atoms with Crippen LogP contribution in [0.1, 0.15) is 11.1 Å². The number of hydrogen-bond acceptors (Lipinski definition) is 1. The molecule has 0 spiro atoms. The molecule has 3 aromatic carbocycles. The van der Waals surface area contributed by atoms with Crippen molar-refractivity contribution in [2.45, 2.75) is 13.1 Å². The van der Waals surface area contributed by atoms with Crippen LogP contribution in [-0.4, -0.2) is 23.1 Å². The average Bonchev–Trinajstić information content (AvgIpc) is 2.56. The molecule has 24 heavy (non-hydrogen) atoms. The molecule has 0 atom stereocenters. The van der Waals surface area contributed by atoms with Gasteiger partial charge in [-0.15, -0.1) is 12.1 Å². The van der Waals surface area contributed by atoms with Crippen LogP contribution in [0.2, 0.25) is 0 Å². The third-order valence-corrected chi connectivity index (χ3v) is 3.52. The molecule has 0 saturated heterocycles. The first-order valence-electron chi connectivity index (χ1n) is 7.31. The van der Waals surface area contributed by atoms with E-state index in [4.69, 9.17) is 0 Å². The second kappa shape index (κ2) is 10.5. The predicted molar refractivity (Wildman–Crippen MR) is 93.8 cm³/mol. The summed E-state index contributed by atoms with van der Waals surface area (Å²) in [5.41, 5.74) is 3.15. The van der Waals surface area contributed by atoms with Gasteiger partial charge in [-0.2, -0.15) is 12.1 Å². The van der Waals surface area contributed by atoms with Crippen LogP contribution in [0.25, 0.3) is 0 Å². The van der Waals surface area contributed by atoms with Crippen molar-refractivity contribution in [3.8, 4) is 0 Å². The maximum Gasteiger partial charge on any atom is 2.00 e. The van der Waals surface area contributed by atoms with E-state index in [1.807, 2.05) is 36.4 Å². The molecule has 3 aromatic rings. The molecule has 0 radical (unpaired) electrons. The molecule has 1 nitrogen and oxygen atoms in total. The van der Waals surface area contributed by atoms with Crippen LogP contribution >= 0.6 is 0 Å². The van der Waals surface area contributed by atoms with E-state index in [2.05, 4.69) is 35.2 Å². The van der Waals surface area contributed by atoms with E-state index in [1.165, 1.54) is 23.3 Å². The van der Waals surface area contributed by atoms with Gasteiger partial charge in [-0.05, 0) is 11.1 Å². The van der Waals surface area contributed by atoms with Gasteiger partial charge in [0.1, 0.15) is 0 Å². The number of nitrogens with zero attached hydrogens (tertiary/aromatic N) is 1. The van der Waals surface area contributed by atoms with Gasteiger partial charge in [0.05, 0.1) is 0 Å². The van der Waals surface area contributed by atoms with E-state index in [0.717, 1.165) is 18.8 Å². The number of benzene rings is 3. The Labute approximate surface area is 169 Å². The normalized spacial score (nSPS) is 9.54. The summed E-state index contributed by atoms with van der Waals surface area (Å²) in [6.45, 7) is 1.44. The van der Waals surface area contributed by atoms with Crippen molar-refractivity contribution in [1.29, 1.82) is 0 Å². The molecule has 0 amide bonds. The minimum absolute atomic E-state index is 0. The van der Waals surface area contributed by atoms with E-state index in [-0.39, 0.29) is 45.9 Å². The van der Waals surface area contributed by atoms with Crippen LogP contribution in [0.4, 0.5) is 10.1 Å². The Morgan fingerprint density at radius 3 is 1.75 bits per heavy atom. The van der Waals surface area contributed by atoms with Gasteiger partial charge in [-0.1, -0.05) is 66.4 Å². The van der Waals surface area contributed by atoms with Crippen molar-refractivity contribution in [2.75, 3.05) is 4.90 Å². The Bertz CT molecular complexity index is 680. The van der Waals surface area contributed by atoms with Gasteiger partial charge in [0.15, 0.2) is 0 Å². The van der Waals surface area contributed by atoms with E-state index in [0.29, 0.717) is 0 Å². The third-order valence-electron chi connectivity index (χ3n) is 3.52. The number of hydrogen-bond donors (Lipinski definition) is 0. The molecule has 0 aromatic heterocycles. The molecule has 0 unspecified atom stereocenters. The second-order valence-corrected chi connectivity index (χ2v) is 5.22. The van der Waals surface area contributed by atoms with Gasteiger partial charge in [-0.25, -0.2) is 4.39 Å². The fourth-order valence-corrected chi connectivity index (χ4v) is 2.44. The van der Waals surface area contributed by atoms with Crippen LogP contribution in [0.3, 0.4) is 0 Å². The smallest absolute Gasteiger partial charge is 1.00 e. The van der Waals surface area contributed by atoms with Gasteiger partial charge in [-0.3, -0.25) is 0 Å². The number of anilines is 1. The van der Waals surface area contributed by atoms with Crippen molar-refractivity contribution in [3.05, 3.63) is 102 Å². The number of halogens is 2. The molecule has 0 heterocycles. The molecular weight excluding hydrogens is 377 g/mol. The maximum atomic E-state index is 13.6. The molecule has 118 valence electrons. The van der Waals surface area contributed by atoms with E-state index >= 15 is 0 Å². The monoisotopic (exact) mass is 393 g/mol. The first-order chi connectivity index (χ1) is 10.8. The van der Waals surface area contributed by atoms with E-state index in [9.17, 15) is 4.39 Å². The fraction of sp³-hybridized carbons (Fsp3) is 0.100. The molecule has 3 rings (SSSR count). The van der Waals surface area contributed by atoms with Crippen molar-refractivity contribution < 1.29 is 21.4 Å². The van der Waals surface area contributed by atoms with Gasteiger partial charge in [0.2, 0.25) is 0 Å². The molecule has 4 heteroatoms. The van der Waals surface area contributed by atoms with Gasteiger partial charge in [0.25, 0.3) is 0 Å². The minimum Gasteiger partial charge on any atom is -1.00 e. The molecule has 0 fully saturated rings. The summed E-state index contributed by atoms with van der Waals surface area (Å²) in [5, 5.41) is 0. The number of rotatable bonds is 5. The first kappa shape index (κ1) is 20.7. The molecule has 0 aliphatic rings. The Morgan fingerprint density at radius 1 is 0.792 bits per heavy atom. The maximum absolute atomic E-state index is 13.6. The third kappa shape index (κ3) is 5.93. The molecule has 0 N–H and O–H groups in total. The summed E-state index contributed by atoms with van der Waals surface area (Å²) in [4.78, 5) is 2.13. The Morgan fingerprint density at radius 2 is 1.29 bits per heavy atom. The standard InChI is InChI=1S/C20H17FN.BrH.Mg/c21-19-12-7-13-20(14-19)22(15-17-8-3-1-4-9-17)16-18-10-5-2-6-11-18;;/h1-12,14H,15-16H2;1H;/q-1;;+2/p-1. The molecular formula is C20H17BrFMgN. The first-order valence-corrected chi connectivity index (χ1v) is 7.31. The zero-order valence-electron chi connectivity index (χ0n) is 13.3.